The van der Waals surface area contributed by atoms with Crippen LogP contribution in [0.2, 0.25) is 0 Å². The third-order valence-electron chi connectivity index (χ3n) is 2.37. The smallest absolute Gasteiger partial charge is 0.251 e. The van der Waals surface area contributed by atoms with Crippen molar-refractivity contribution in [3.8, 4) is 0 Å². The van der Waals surface area contributed by atoms with Crippen molar-refractivity contribution in [1.82, 2.24) is 5.32 Å². The van der Waals surface area contributed by atoms with Crippen molar-refractivity contribution in [1.29, 1.82) is 0 Å². The van der Waals surface area contributed by atoms with Gasteiger partial charge in [0.1, 0.15) is 5.82 Å². The number of rotatable bonds is 4. The van der Waals surface area contributed by atoms with Gasteiger partial charge in [-0.25, -0.2) is 4.39 Å². The third kappa shape index (κ3) is 4.03. The van der Waals surface area contributed by atoms with Gasteiger partial charge in [-0.3, -0.25) is 4.79 Å². The van der Waals surface area contributed by atoms with Gasteiger partial charge in [0.2, 0.25) is 0 Å². The Morgan fingerprint density at radius 3 is 2.65 bits per heavy atom. The maximum atomic E-state index is 13.1. The van der Waals surface area contributed by atoms with E-state index in [-0.39, 0.29) is 17.9 Å². The van der Waals surface area contributed by atoms with Crippen LogP contribution >= 0.6 is 0 Å². The average molecular weight is 240 g/mol. The zero-order valence-electron chi connectivity index (χ0n) is 9.96. The molecule has 1 amide bonds. The fraction of sp³-hybridized carbons (Fsp3) is 0.417. The summed E-state index contributed by atoms with van der Waals surface area (Å²) in [6, 6.07) is 3.68. The van der Waals surface area contributed by atoms with E-state index in [1.807, 2.05) is 0 Å². The number of carbonyl (C=O) groups excluding carboxylic acids is 1. The molecule has 4 N–H and O–H groups in total. The van der Waals surface area contributed by atoms with Gasteiger partial charge in [-0.05, 0) is 38.5 Å². The van der Waals surface area contributed by atoms with E-state index in [4.69, 9.17) is 10.8 Å². The number of halogens is 1. The second-order valence-electron chi connectivity index (χ2n) is 4.58. The van der Waals surface area contributed by atoms with Crippen LogP contribution in [0.3, 0.4) is 0 Å². The first-order chi connectivity index (χ1) is 7.84. The topological polar surface area (TPSA) is 75.3 Å². The molecule has 1 aromatic carbocycles. The van der Waals surface area contributed by atoms with E-state index in [0.29, 0.717) is 6.42 Å². The number of nitrogens with two attached hydrogens (primary N) is 1. The van der Waals surface area contributed by atoms with Crippen LogP contribution in [0.4, 0.5) is 10.1 Å². The molecule has 5 heteroatoms. The van der Waals surface area contributed by atoms with Crippen LogP contribution in [0.15, 0.2) is 18.2 Å². The summed E-state index contributed by atoms with van der Waals surface area (Å²) in [5.41, 5.74) is 5.29. The molecule has 0 aliphatic carbocycles. The summed E-state index contributed by atoms with van der Waals surface area (Å²) < 4.78 is 13.1. The summed E-state index contributed by atoms with van der Waals surface area (Å²) in [5, 5.41) is 11.5. The molecule has 1 aromatic rings. The minimum atomic E-state index is -0.549. The van der Waals surface area contributed by atoms with Crippen LogP contribution in [0.25, 0.3) is 0 Å². The standard InChI is InChI=1S/C12H17FN2O2/c1-12(2,3-4-16)15-11(17)8-5-9(13)7-10(14)6-8/h5-7,16H,3-4,14H2,1-2H3,(H,15,17). The first-order valence-corrected chi connectivity index (χ1v) is 5.33. The van der Waals surface area contributed by atoms with Crippen LogP contribution in [-0.2, 0) is 0 Å². The molecule has 0 aliphatic rings. The van der Waals surface area contributed by atoms with E-state index in [0.717, 1.165) is 12.1 Å². The molecule has 0 saturated carbocycles. The highest BCUT2D eigenvalue weighted by molar-refractivity contribution is 5.95. The van der Waals surface area contributed by atoms with Crippen LogP contribution in [-0.4, -0.2) is 23.2 Å². The van der Waals surface area contributed by atoms with Crippen molar-refractivity contribution < 1.29 is 14.3 Å². The van der Waals surface area contributed by atoms with Gasteiger partial charge >= 0.3 is 0 Å². The van der Waals surface area contributed by atoms with Crippen molar-refractivity contribution in [2.75, 3.05) is 12.3 Å². The van der Waals surface area contributed by atoms with Gasteiger partial charge in [0.05, 0.1) is 0 Å². The van der Waals surface area contributed by atoms with Gasteiger partial charge in [-0.15, -0.1) is 0 Å². The number of hydrogen-bond acceptors (Lipinski definition) is 3. The Balaban J connectivity index is 2.83. The molecule has 94 valence electrons. The van der Waals surface area contributed by atoms with Crippen LogP contribution in [0.1, 0.15) is 30.6 Å². The van der Waals surface area contributed by atoms with E-state index in [1.165, 1.54) is 6.07 Å². The van der Waals surface area contributed by atoms with Gasteiger partial charge in [-0.1, -0.05) is 0 Å². The molecular formula is C12H17FN2O2. The maximum absolute atomic E-state index is 13.1. The van der Waals surface area contributed by atoms with Crippen molar-refractivity contribution in [2.45, 2.75) is 25.8 Å². The number of nitrogen functional groups attached to an aromatic ring is 1. The molecular weight excluding hydrogens is 223 g/mol. The second-order valence-corrected chi connectivity index (χ2v) is 4.58. The molecule has 1 rings (SSSR count). The summed E-state index contributed by atoms with van der Waals surface area (Å²) in [7, 11) is 0. The molecule has 0 unspecified atom stereocenters. The predicted octanol–water partition coefficient (Wildman–Crippen LogP) is 1.30. The highest BCUT2D eigenvalue weighted by Gasteiger charge is 2.20. The second kappa shape index (κ2) is 5.14. The maximum Gasteiger partial charge on any atom is 0.251 e. The molecule has 0 spiro atoms. The first-order valence-electron chi connectivity index (χ1n) is 5.33. The normalized spacial score (nSPS) is 11.3. The van der Waals surface area contributed by atoms with Crippen molar-refractivity contribution in [3.05, 3.63) is 29.6 Å². The Morgan fingerprint density at radius 2 is 2.12 bits per heavy atom. The lowest BCUT2D eigenvalue weighted by Gasteiger charge is -2.25. The van der Waals surface area contributed by atoms with Crippen LogP contribution in [0.5, 0.6) is 0 Å². The molecule has 0 aromatic heterocycles. The molecule has 17 heavy (non-hydrogen) atoms. The lowest BCUT2D eigenvalue weighted by Crippen LogP contribution is -2.44. The molecule has 0 fully saturated rings. The number of nitrogens with one attached hydrogen (secondary N) is 1. The van der Waals surface area contributed by atoms with Crippen molar-refractivity contribution >= 4 is 11.6 Å². The van der Waals surface area contributed by atoms with Crippen LogP contribution < -0.4 is 11.1 Å². The van der Waals surface area contributed by atoms with Crippen LogP contribution in [0, 0.1) is 5.82 Å². The Morgan fingerprint density at radius 1 is 1.47 bits per heavy atom. The van der Waals surface area contributed by atoms with E-state index in [2.05, 4.69) is 5.32 Å². The van der Waals surface area contributed by atoms with E-state index < -0.39 is 17.3 Å². The molecule has 0 aliphatic heterocycles. The Labute approximate surface area is 99.6 Å². The molecule has 4 nitrogen and oxygen atoms in total. The fourth-order valence-corrected chi connectivity index (χ4v) is 1.46. The lowest BCUT2D eigenvalue weighted by molar-refractivity contribution is 0.0899. The summed E-state index contributed by atoms with van der Waals surface area (Å²) >= 11 is 0. The predicted molar refractivity (Wildman–Crippen MR) is 64.1 cm³/mol. The number of hydrogen-bond donors (Lipinski definition) is 3. The Bertz CT molecular complexity index is 399. The lowest BCUT2D eigenvalue weighted by atomic mass is 10.0. The van der Waals surface area contributed by atoms with E-state index in [9.17, 15) is 9.18 Å². The van der Waals surface area contributed by atoms with Gasteiger partial charge in [-0.2, -0.15) is 0 Å². The number of anilines is 1. The number of carbonyl (C=O) groups is 1. The van der Waals surface area contributed by atoms with Crippen molar-refractivity contribution in [2.24, 2.45) is 0 Å². The number of aliphatic hydroxyl groups is 1. The number of benzene rings is 1. The molecule has 0 radical (unpaired) electrons. The summed E-state index contributed by atoms with van der Waals surface area (Å²) in [5.74, 6) is -0.954. The number of aliphatic hydroxyl groups excluding tert-OH is 1. The Hall–Kier alpha value is -1.62. The van der Waals surface area contributed by atoms with Crippen molar-refractivity contribution in [3.63, 3.8) is 0 Å². The fourth-order valence-electron chi connectivity index (χ4n) is 1.46. The SMILES string of the molecule is CC(C)(CCO)NC(=O)c1cc(N)cc(F)c1. The van der Waals surface area contributed by atoms with Gasteiger partial charge in [0.25, 0.3) is 5.91 Å². The minimum absolute atomic E-state index is 0.0292. The molecule has 0 atom stereocenters. The first kappa shape index (κ1) is 13.4. The van der Waals surface area contributed by atoms with E-state index in [1.54, 1.807) is 13.8 Å². The quantitative estimate of drug-likeness (QED) is 0.694. The largest absolute Gasteiger partial charge is 0.399 e. The average Bonchev–Trinajstić information content (AvgIpc) is 2.14. The summed E-state index contributed by atoms with van der Waals surface area (Å²) in [6.07, 6.45) is 0.420. The highest BCUT2D eigenvalue weighted by atomic mass is 19.1. The van der Waals surface area contributed by atoms with Gasteiger partial charge in [0.15, 0.2) is 0 Å². The minimum Gasteiger partial charge on any atom is -0.399 e. The molecule has 0 saturated heterocycles. The van der Waals surface area contributed by atoms with Gasteiger partial charge < -0.3 is 16.2 Å². The zero-order valence-corrected chi connectivity index (χ0v) is 9.96. The monoisotopic (exact) mass is 240 g/mol. The van der Waals surface area contributed by atoms with Gasteiger partial charge in [0, 0.05) is 23.4 Å². The summed E-state index contributed by atoms with van der Waals surface area (Å²) in [4.78, 5) is 11.8. The molecule has 0 heterocycles. The number of amides is 1. The zero-order chi connectivity index (χ0) is 13.1. The Kier molecular flexibility index (Phi) is 4.07. The highest BCUT2D eigenvalue weighted by Crippen LogP contribution is 2.13. The summed E-state index contributed by atoms with van der Waals surface area (Å²) in [6.45, 7) is 3.53. The molecule has 0 bridgehead atoms. The van der Waals surface area contributed by atoms with E-state index >= 15 is 0 Å². The third-order valence-corrected chi connectivity index (χ3v) is 2.37.